The van der Waals surface area contributed by atoms with E-state index in [1.165, 1.54) is 19.2 Å². The number of nitrogens with one attached hydrogen (secondary N) is 1. The van der Waals surface area contributed by atoms with Gasteiger partial charge in [-0.15, -0.1) is 0 Å². The van der Waals surface area contributed by atoms with Gasteiger partial charge in [-0.1, -0.05) is 49.4 Å². The first-order chi connectivity index (χ1) is 16.9. The van der Waals surface area contributed by atoms with Crippen LogP contribution >= 0.6 is 0 Å². The van der Waals surface area contributed by atoms with Crippen molar-refractivity contribution in [1.82, 2.24) is 9.71 Å². The Morgan fingerprint density at radius 1 is 0.943 bits per heavy atom. The zero-order chi connectivity index (χ0) is 24.8. The number of nitrogens with zero attached hydrogens (tertiary/aromatic N) is 1. The Balaban J connectivity index is 1.43. The van der Waals surface area contributed by atoms with Crippen LogP contribution in [-0.4, -0.2) is 32.5 Å². The molecule has 4 rings (SSSR count). The van der Waals surface area contributed by atoms with Crippen LogP contribution in [0.1, 0.15) is 18.9 Å². The van der Waals surface area contributed by atoms with Crippen molar-refractivity contribution < 1.29 is 22.7 Å². The fourth-order valence-electron chi connectivity index (χ4n) is 3.71. The molecule has 0 saturated carbocycles. The molecule has 3 aromatic carbocycles. The first-order valence-corrected chi connectivity index (χ1v) is 12.7. The van der Waals surface area contributed by atoms with Crippen molar-refractivity contribution in [2.24, 2.45) is 0 Å². The lowest BCUT2D eigenvalue weighted by Gasteiger charge is -2.15. The van der Waals surface area contributed by atoms with Crippen LogP contribution in [0, 0.1) is 0 Å². The fourth-order valence-corrected chi connectivity index (χ4v) is 4.98. The standard InChI is InChI=1S/C27H26N2O5S/c1-3-25(27(30)33-2)29-35(31,32)23-14-10-20(11-15-23)19-8-12-22(13-9-19)34-18-21-16-17-28-26-7-5-4-6-24(21)26/h4-17,25,29H,3,18H2,1-2H3. The van der Waals surface area contributed by atoms with Crippen molar-refractivity contribution >= 4 is 26.9 Å². The molecule has 1 N–H and O–H groups in total. The summed E-state index contributed by atoms with van der Waals surface area (Å²) in [5.74, 6) is 0.110. The van der Waals surface area contributed by atoms with Gasteiger partial charge < -0.3 is 9.47 Å². The highest BCUT2D eigenvalue weighted by Gasteiger charge is 2.24. The number of pyridine rings is 1. The van der Waals surface area contributed by atoms with E-state index in [1.54, 1.807) is 25.3 Å². The minimum Gasteiger partial charge on any atom is -0.489 e. The third kappa shape index (κ3) is 5.67. The maximum atomic E-state index is 12.6. The molecule has 0 amide bonds. The van der Waals surface area contributed by atoms with Crippen molar-refractivity contribution in [2.75, 3.05) is 7.11 Å². The van der Waals surface area contributed by atoms with E-state index in [9.17, 15) is 13.2 Å². The number of sulfonamides is 1. The molecule has 1 unspecified atom stereocenters. The average molecular weight is 491 g/mol. The highest BCUT2D eigenvalue weighted by molar-refractivity contribution is 7.89. The predicted octanol–water partition coefficient (Wildman–Crippen LogP) is 4.71. The van der Waals surface area contributed by atoms with E-state index in [-0.39, 0.29) is 11.3 Å². The molecule has 180 valence electrons. The Kier molecular flexibility index (Phi) is 7.43. The molecule has 1 heterocycles. The molecule has 0 aliphatic carbocycles. The number of aromatic nitrogens is 1. The number of para-hydroxylation sites is 1. The largest absolute Gasteiger partial charge is 0.489 e. The number of benzene rings is 3. The molecule has 8 heteroatoms. The summed E-state index contributed by atoms with van der Waals surface area (Å²) in [6.07, 6.45) is 2.07. The van der Waals surface area contributed by atoms with Gasteiger partial charge in [0.2, 0.25) is 10.0 Å². The summed E-state index contributed by atoms with van der Waals surface area (Å²) in [6, 6.07) is 23.1. The minimum absolute atomic E-state index is 0.0770. The van der Waals surface area contributed by atoms with Gasteiger partial charge in [0.1, 0.15) is 18.4 Å². The van der Waals surface area contributed by atoms with E-state index >= 15 is 0 Å². The number of carbonyl (C=O) groups excluding carboxylic acids is 1. The van der Waals surface area contributed by atoms with Crippen molar-refractivity contribution in [3.8, 4) is 16.9 Å². The summed E-state index contributed by atoms with van der Waals surface area (Å²) in [5.41, 5.74) is 3.77. The molecular formula is C27H26N2O5S. The van der Waals surface area contributed by atoms with Crippen molar-refractivity contribution in [3.63, 3.8) is 0 Å². The van der Waals surface area contributed by atoms with Crippen LogP contribution in [0.3, 0.4) is 0 Å². The Morgan fingerprint density at radius 3 is 2.26 bits per heavy atom. The van der Waals surface area contributed by atoms with E-state index in [4.69, 9.17) is 4.74 Å². The second kappa shape index (κ2) is 10.7. The minimum atomic E-state index is -3.86. The lowest BCUT2D eigenvalue weighted by atomic mass is 10.1. The van der Waals surface area contributed by atoms with E-state index in [2.05, 4.69) is 14.4 Å². The molecule has 0 saturated heterocycles. The number of rotatable bonds is 9. The van der Waals surface area contributed by atoms with Crippen LogP contribution in [0.4, 0.5) is 0 Å². The first-order valence-electron chi connectivity index (χ1n) is 11.2. The SMILES string of the molecule is CCC(NS(=O)(=O)c1ccc(-c2ccc(OCc3ccnc4ccccc34)cc2)cc1)C(=O)OC. The molecular weight excluding hydrogens is 464 g/mol. The smallest absolute Gasteiger partial charge is 0.323 e. The van der Waals surface area contributed by atoms with Gasteiger partial charge in [-0.2, -0.15) is 4.72 Å². The van der Waals surface area contributed by atoms with E-state index in [0.29, 0.717) is 6.61 Å². The number of carbonyl (C=O) groups is 1. The number of fused-ring (bicyclic) bond motifs is 1. The zero-order valence-electron chi connectivity index (χ0n) is 19.5. The molecule has 0 bridgehead atoms. The number of methoxy groups -OCH3 is 1. The van der Waals surface area contributed by atoms with Crippen molar-refractivity contribution in [1.29, 1.82) is 0 Å². The van der Waals surface area contributed by atoms with Gasteiger partial charge in [-0.3, -0.25) is 9.78 Å². The number of hydrogen-bond donors (Lipinski definition) is 1. The van der Waals surface area contributed by atoms with Crippen LogP contribution in [-0.2, 0) is 26.2 Å². The maximum Gasteiger partial charge on any atom is 0.323 e. The Labute approximate surface area is 204 Å². The molecule has 1 atom stereocenters. The molecule has 0 spiro atoms. The summed E-state index contributed by atoms with van der Waals surface area (Å²) in [4.78, 5) is 16.2. The molecule has 4 aromatic rings. The molecule has 1 aromatic heterocycles. The highest BCUT2D eigenvalue weighted by Crippen LogP contribution is 2.25. The van der Waals surface area contributed by atoms with Gasteiger partial charge in [0, 0.05) is 17.1 Å². The third-order valence-corrected chi connectivity index (χ3v) is 7.16. The lowest BCUT2D eigenvalue weighted by molar-refractivity contribution is -0.142. The van der Waals surface area contributed by atoms with Gasteiger partial charge in [0.05, 0.1) is 17.5 Å². The van der Waals surface area contributed by atoms with Gasteiger partial charge in [-0.25, -0.2) is 8.42 Å². The highest BCUT2D eigenvalue weighted by atomic mass is 32.2. The maximum absolute atomic E-state index is 12.6. The summed E-state index contributed by atoms with van der Waals surface area (Å²) >= 11 is 0. The molecule has 0 radical (unpaired) electrons. The predicted molar refractivity (Wildman–Crippen MR) is 134 cm³/mol. The zero-order valence-corrected chi connectivity index (χ0v) is 20.3. The summed E-state index contributed by atoms with van der Waals surface area (Å²) in [6.45, 7) is 2.13. The van der Waals surface area contributed by atoms with Gasteiger partial charge >= 0.3 is 5.97 Å². The van der Waals surface area contributed by atoms with E-state index in [1.807, 2.05) is 54.6 Å². The van der Waals surface area contributed by atoms with E-state index < -0.39 is 22.0 Å². The first kappa shape index (κ1) is 24.4. The molecule has 0 fully saturated rings. The van der Waals surface area contributed by atoms with Crippen LogP contribution in [0.25, 0.3) is 22.0 Å². The number of hydrogen-bond acceptors (Lipinski definition) is 6. The Bertz CT molecular complexity index is 1410. The van der Waals surface area contributed by atoms with Gasteiger partial charge in [0.25, 0.3) is 0 Å². The summed E-state index contributed by atoms with van der Waals surface area (Å²) in [7, 11) is -2.63. The molecule has 0 aliphatic rings. The van der Waals surface area contributed by atoms with Crippen LogP contribution in [0.5, 0.6) is 5.75 Å². The average Bonchev–Trinajstić information content (AvgIpc) is 2.90. The molecule has 0 aliphatic heterocycles. The number of ether oxygens (including phenoxy) is 2. The molecule has 7 nitrogen and oxygen atoms in total. The number of esters is 1. The normalized spacial score (nSPS) is 12.3. The second-order valence-corrected chi connectivity index (χ2v) is 9.64. The Morgan fingerprint density at radius 2 is 1.60 bits per heavy atom. The van der Waals surface area contributed by atoms with Gasteiger partial charge in [-0.05, 0) is 53.9 Å². The monoisotopic (exact) mass is 490 g/mol. The molecule has 35 heavy (non-hydrogen) atoms. The lowest BCUT2D eigenvalue weighted by Crippen LogP contribution is -2.40. The second-order valence-electron chi connectivity index (χ2n) is 7.93. The third-order valence-electron chi connectivity index (χ3n) is 5.68. The fraction of sp³-hybridized carbons (Fsp3) is 0.185. The summed E-state index contributed by atoms with van der Waals surface area (Å²) < 4.78 is 38.3. The van der Waals surface area contributed by atoms with Crippen LogP contribution in [0.15, 0.2) is 90.0 Å². The van der Waals surface area contributed by atoms with Crippen LogP contribution < -0.4 is 9.46 Å². The van der Waals surface area contributed by atoms with Gasteiger partial charge in [0.15, 0.2) is 0 Å². The Hall–Kier alpha value is -3.75. The van der Waals surface area contributed by atoms with Crippen molar-refractivity contribution in [3.05, 3.63) is 90.6 Å². The van der Waals surface area contributed by atoms with Crippen LogP contribution in [0.2, 0.25) is 0 Å². The summed E-state index contributed by atoms with van der Waals surface area (Å²) in [5, 5.41) is 1.06. The quantitative estimate of drug-likeness (QED) is 0.342. The van der Waals surface area contributed by atoms with E-state index in [0.717, 1.165) is 33.3 Å². The topological polar surface area (TPSA) is 94.6 Å². The van der Waals surface area contributed by atoms with Crippen molar-refractivity contribution in [2.45, 2.75) is 30.9 Å².